The highest BCUT2D eigenvalue weighted by Gasteiger charge is 2.03. The molecule has 0 bridgehead atoms. The fraction of sp³-hybridized carbons (Fsp3) is 0.118. The molecule has 0 aliphatic rings. The summed E-state index contributed by atoms with van der Waals surface area (Å²) in [6.45, 7) is 2.58. The van der Waals surface area contributed by atoms with Gasteiger partial charge in [-0.3, -0.25) is 4.98 Å². The molecule has 116 valence electrons. The van der Waals surface area contributed by atoms with E-state index in [4.69, 9.17) is 0 Å². The van der Waals surface area contributed by atoms with Crippen LogP contribution in [0.15, 0.2) is 59.3 Å². The maximum atomic E-state index is 4.50. The maximum Gasteiger partial charge on any atom is 0.225 e. The SMILES string of the molecule is Cc1cc(Nc2cccc(Br)c2)nc(NCc2cccnc2)n1. The summed E-state index contributed by atoms with van der Waals surface area (Å²) < 4.78 is 1.02. The highest BCUT2D eigenvalue weighted by molar-refractivity contribution is 9.10. The third kappa shape index (κ3) is 4.50. The molecule has 6 heteroatoms. The molecule has 3 aromatic rings. The quantitative estimate of drug-likeness (QED) is 0.701. The third-order valence-corrected chi connectivity index (χ3v) is 3.62. The lowest BCUT2D eigenvalue weighted by Crippen LogP contribution is -2.06. The minimum absolute atomic E-state index is 0.589. The van der Waals surface area contributed by atoms with E-state index in [1.807, 2.05) is 55.6 Å². The second-order valence-electron chi connectivity index (χ2n) is 5.07. The zero-order chi connectivity index (χ0) is 16.1. The van der Waals surface area contributed by atoms with Crippen LogP contribution in [0.1, 0.15) is 11.3 Å². The third-order valence-electron chi connectivity index (χ3n) is 3.12. The van der Waals surface area contributed by atoms with Gasteiger partial charge in [0.15, 0.2) is 0 Å². The predicted octanol–water partition coefficient (Wildman–Crippen LogP) is 4.30. The summed E-state index contributed by atoms with van der Waals surface area (Å²) in [5.41, 5.74) is 2.95. The first-order valence-corrected chi connectivity index (χ1v) is 7.99. The molecule has 0 aliphatic carbocycles. The number of anilines is 3. The van der Waals surface area contributed by atoms with Crippen LogP contribution in [0.4, 0.5) is 17.5 Å². The lowest BCUT2D eigenvalue weighted by atomic mass is 10.3. The van der Waals surface area contributed by atoms with Gasteiger partial charge >= 0.3 is 0 Å². The monoisotopic (exact) mass is 369 g/mol. The van der Waals surface area contributed by atoms with Gasteiger partial charge in [-0.2, -0.15) is 4.98 Å². The summed E-state index contributed by atoms with van der Waals surface area (Å²) in [6, 6.07) is 13.8. The van der Waals surface area contributed by atoms with Crippen LogP contribution in [0.2, 0.25) is 0 Å². The molecule has 2 N–H and O–H groups in total. The van der Waals surface area contributed by atoms with Gasteiger partial charge in [0, 0.05) is 40.9 Å². The normalized spacial score (nSPS) is 10.3. The summed E-state index contributed by atoms with van der Waals surface area (Å²) in [6.07, 6.45) is 3.58. The number of aryl methyl sites for hydroxylation is 1. The molecule has 0 unspecified atom stereocenters. The summed E-state index contributed by atoms with van der Waals surface area (Å²) in [4.78, 5) is 13.0. The number of hydrogen-bond donors (Lipinski definition) is 2. The highest BCUT2D eigenvalue weighted by atomic mass is 79.9. The van der Waals surface area contributed by atoms with Gasteiger partial charge < -0.3 is 10.6 Å². The maximum absolute atomic E-state index is 4.50. The molecule has 0 saturated carbocycles. The Morgan fingerprint density at radius 2 is 2.00 bits per heavy atom. The number of pyridine rings is 1. The highest BCUT2D eigenvalue weighted by Crippen LogP contribution is 2.20. The van der Waals surface area contributed by atoms with Crippen molar-refractivity contribution in [2.75, 3.05) is 10.6 Å². The Kier molecular flexibility index (Phi) is 4.83. The Bertz CT molecular complexity index is 792. The van der Waals surface area contributed by atoms with Crippen molar-refractivity contribution in [1.29, 1.82) is 0 Å². The molecule has 5 nitrogen and oxygen atoms in total. The topological polar surface area (TPSA) is 62.7 Å². The van der Waals surface area contributed by atoms with Crippen LogP contribution in [0.25, 0.3) is 0 Å². The van der Waals surface area contributed by atoms with Crippen LogP contribution in [-0.4, -0.2) is 15.0 Å². The van der Waals surface area contributed by atoms with Gasteiger partial charge in [-0.05, 0) is 36.8 Å². The Hall–Kier alpha value is -2.47. The summed E-state index contributed by atoms with van der Waals surface area (Å²) in [7, 11) is 0. The smallest absolute Gasteiger partial charge is 0.225 e. The van der Waals surface area contributed by atoms with Crippen molar-refractivity contribution in [1.82, 2.24) is 15.0 Å². The van der Waals surface area contributed by atoms with Crippen molar-refractivity contribution in [2.45, 2.75) is 13.5 Å². The number of benzene rings is 1. The Labute approximate surface area is 143 Å². The van der Waals surface area contributed by atoms with E-state index >= 15 is 0 Å². The fourth-order valence-electron chi connectivity index (χ4n) is 2.11. The zero-order valence-corrected chi connectivity index (χ0v) is 14.2. The molecule has 0 radical (unpaired) electrons. The van der Waals surface area contributed by atoms with Gasteiger partial charge in [0.2, 0.25) is 5.95 Å². The van der Waals surface area contributed by atoms with Gasteiger partial charge in [0.05, 0.1) is 0 Å². The van der Waals surface area contributed by atoms with Gasteiger partial charge in [0.25, 0.3) is 0 Å². The summed E-state index contributed by atoms with van der Waals surface area (Å²) >= 11 is 3.46. The van der Waals surface area contributed by atoms with E-state index in [0.29, 0.717) is 12.5 Å². The number of nitrogens with zero attached hydrogens (tertiary/aromatic N) is 3. The first-order valence-electron chi connectivity index (χ1n) is 7.20. The second-order valence-corrected chi connectivity index (χ2v) is 5.98. The molecule has 1 aromatic carbocycles. The lowest BCUT2D eigenvalue weighted by Gasteiger charge is -2.10. The van der Waals surface area contributed by atoms with Crippen molar-refractivity contribution in [2.24, 2.45) is 0 Å². The molecule has 3 rings (SSSR count). The van der Waals surface area contributed by atoms with Crippen LogP contribution in [0.5, 0.6) is 0 Å². The van der Waals surface area contributed by atoms with E-state index in [1.165, 1.54) is 0 Å². The molecule has 2 aromatic heterocycles. The van der Waals surface area contributed by atoms with Crippen molar-refractivity contribution >= 4 is 33.4 Å². The zero-order valence-electron chi connectivity index (χ0n) is 12.6. The number of halogens is 1. The first-order chi connectivity index (χ1) is 11.2. The second kappa shape index (κ2) is 7.19. The minimum atomic E-state index is 0.589. The van der Waals surface area contributed by atoms with E-state index < -0.39 is 0 Å². The fourth-order valence-corrected chi connectivity index (χ4v) is 2.51. The molecular weight excluding hydrogens is 354 g/mol. The molecule has 0 aliphatic heterocycles. The van der Waals surface area contributed by atoms with Crippen LogP contribution < -0.4 is 10.6 Å². The predicted molar refractivity (Wildman–Crippen MR) is 95.8 cm³/mol. The van der Waals surface area contributed by atoms with Crippen molar-refractivity contribution < 1.29 is 0 Å². The van der Waals surface area contributed by atoms with E-state index in [0.717, 1.165) is 27.2 Å². The Morgan fingerprint density at radius 3 is 2.78 bits per heavy atom. The summed E-state index contributed by atoms with van der Waals surface area (Å²) in [5, 5.41) is 6.52. The summed E-state index contributed by atoms with van der Waals surface area (Å²) in [5.74, 6) is 1.34. The van der Waals surface area contributed by atoms with E-state index in [2.05, 4.69) is 41.5 Å². The van der Waals surface area contributed by atoms with Gasteiger partial charge in [-0.25, -0.2) is 4.98 Å². The minimum Gasteiger partial charge on any atom is -0.350 e. The first kappa shape index (κ1) is 15.4. The van der Waals surface area contributed by atoms with Crippen LogP contribution in [0.3, 0.4) is 0 Å². The standard InChI is InChI=1S/C17H16BrN5/c1-12-8-16(22-15-6-2-5-14(18)9-15)23-17(21-12)20-11-13-4-3-7-19-10-13/h2-10H,11H2,1H3,(H2,20,21,22,23). The van der Waals surface area contributed by atoms with Crippen molar-refractivity contribution in [3.8, 4) is 0 Å². The largest absolute Gasteiger partial charge is 0.350 e. The van der Waals surface area contributed by atoms with E-state index in [9.17, 15) is 0 Å². The van der Waals surface area contributed by atoms with E-state index in [-0.39, 0.29) is 0 Å². The van der Waals surface area contributed by atoms with E-state index in [1.54, 1.807) is 6.20 Å². The number of hydrogen-bond acceptors (Lipinski definition) is 5. The molecule has 0 saturated heterocycles. The molecule has 0 atom stereocenters. The molecule has 0 spiro atoms. The molecular formula is C17H16BrN5. The molecule has 23 heavy (non-hydrogen) atoms. The van der Waals surface area contributed by atoms with Crippen LogP contribution in [-0.2, 0) is 6.54 Å². The number of rotatable bonds is 5. The average molecular weight is 370 g/mol. The Morgan fingerprint density at radius 1 is 1.09 bits per heavy atom. The van der Waals surface area contributed by atoms with Gasteiger partial charge in [0.1, 0.15) is 5.82 Å². The van der Waals surface area contributed by atoms with Crippen molar-refractivity contribution in [3.63, 3.8) is 0 Å². The number of nitrogens with one attached hydrogen (secondary N) is 2. The van der Waals surface area contributed by atoms with Crippen molar-refractivity contribution in [3.05, 3.63) is 70.6 Å². The average Bonchev–Trinajstić information content (AvgIpc) is 2.53. The molecule has 2 heterocycles. The molecule has 0 amide bonds. The van der Waals surface area contributed by atoms with Gasteiger partial charge in [-0.15, -0.1) is 0 Å². The van der Waals surface area contributed by atoms with Crippen LogP contribution >= 0.6 is 15.9 Å². The number of aromatic nitrogens is 3. The lowest BCUT2D eigenvalue weighted by molar-refractivity contribution is 1.02. The van der Waals surface area contributed by atoms with Crippen LogP contribution in [0, 0.1) is 6.92 Å². The Balaban J connectivity index is 1.73. The van der Waals surface area contributed by atoms with Gasteiger partial charge in [-0.1, -0.05) is 28.1 Å². The molecule has 0 fully saturated rings.